The number of ether oxygens (including phenoxy) is 4. The van der Waals surface area contributed by atoms with Gasteiger partial charge in [0.25, 0.3) is 0 Å². The Bertz CT molecular complexity index is 3470. The van der Waals surface area contributed by atoms with Crippen LogP contribution in [-0.4, -0.2) is 90.0 Å². The second-order valence-electron chi connectivity index (χ2n) is 18.4. The van der Waals surface area contributed by atoms with Gasteiger partial charge < -0.3 is 44.7 Å². The highest BCUT2D eigenvalue weighted by Crippen LogP contribution is 2.38. The molecular formula is C57H60F2N4O11S2. The molecule has 6 aromatic carbocycles. The first-order valence-corrected chi connectivity index (χ1v) is 27.8. The van der Waals surface area contributed by atoms with Gasteiger partial charge >= 0.3 is 0 Å². The summed E-state index contributed by atoms with van der Waals surface area (Å²) in [4.78, 5) is 34.8. The molecule has 5 N–H and O–H groups in total. The van der Waals surface area contributed by atoms with Crippen LogP contribution in [0.5, 0.6) is 23.0 Å². The SMILES string of the molecule is CCCOc1cc(F)ccc1C(Nc1cc(OC)cc(S(C)(=O)=O)c1)C(=O)c1c[nH]c2c(C)cc(C)cc12.COc1cc(NC(C(=O)c2c[nH]c3c(C)cc(C)cc23)c2ccc(F)cc2OCCO)cc(S(C)(=O)=O)c1. The van der Waals surface area contributed by atoms with E-state index in [0.29, 0.717) is 52.4 Å². The normalized spacial score (nSPS) is 12.4. The Kier molecular flexibility index (Phi) is 17.3. The number of sulfone groups is 2. The number of aromatic nitrogens is 2. The average Bonchev–Trinajstić information content (AvgIpc) is 4.00. The number of aryl methyl sites for hydroxylation is 4. The summed E-state index contributed by atoms with van der Waals surface area (Å²) in [6.07, 6.45) is 6.15. The summed E-state index contributed by atoms with van der Waals surface area (Å²) in [6, 6.07) is 22.4. The number of aliphatic hydroxyl groups is 1. The lowest BCUT2D eigenvalue weighted by Crippen LogP contribution is -2.23. The minimum atomic E-state index is -3.60. The van der Waals surface area contributed by atoms with Gasteiger partial charge in [0.15, 0.2) is 31.2 Å². The molecule has 2 atom stereocenters. The van der Waals surface area contributed by atoms with Crippen molar-refractivity contribution in [1.29, 1.82) is 0 Å². The van der Waals surface area contributed by atoms with Crippen LogP contribution in [0.4, 0.5) is 20.2 Å². The number of ketones is 2. The van der Waals surface area contributed by atoms with Crippen molar-refractivity contribution >= 4 is 64.4 Å². The number of anilines is 2. The number of hydrogen-bond donors (Lipinski definition) is 5. The van der Waals surface area contributed by atoms with Crippen molar-refractivity contribution in [2.75, 3.05) is 57.2 Å². The lowest BCUT2D eigenvalue weighted by Gasteiger charge is -2.23. The fourth-order valence-electron chi connectivity index (χ4n) is 8.89. The summed E-state index contributed by atoms with van der Waals surface area (Å²) in [5.74, 6) is -0.836. The summed E-state index contributed by atoms with van der Waals surface area (Å²) in [5, 5.41) is 17.1. The van der Waals surface area contributed by atoms with Crippen LogP contribution < -0.4 is 29.6 Å². The molecule has 0 spiro atoms. The van der Waals surface area contributed by atoms with Crippen molar-refractivity contribution in [3.05, 3.63) is 166 Å². The maximum atomic E-state index is 14.2. The third-order valence-corrected chi connectivity index (χ3v) is 14.6. The zero-order chi connectivity index (χ0) is 55.2. The number of H-pyrrole nitrogens is 2. The number of nitrogens with one attached hydrogen (secondary N) is 4. The van der Waals surface area contributed by atoms with Crippen molar-refractivity contribution < 1.29 is 59.3 Å². The first-order chi connectivity index (χ1) is 36.0. The molecule has 0 amide bonds. The van der Waals surface area contributed by atoms with Gasteiger partial charge in [0.2, 0.25) is 0 Å². The molecule has 0 aliphatic carbocycles. The number of benzene rings is 6. The maximum Gasteiger partial charge on any atom is 0.191 e. The van der Waals surface area contributed by atoms with Crippen LogP contribution in [0, 0.1) is 39.3 Å². The summed E-state index contributed by atoms with van der Waals surface area (Å²) < 4.78 is 99.8. The van der Waals surface area contributed by atoms with Crippen LogP contribution >= 0.6 is 0 Å². The molecule has 8 rings (SSSR count). The largest absolute Gasteiger partial charge is 0.497 e. The van der Waals surface area contributed by atoms with Crippen LogP contribution in [0.2, 0.25) is 0 Å². The highest BCUT2D eigenvalue weighted by Gasteiger charge is 2.31. The first-order valence-electron chi connectivity index (χ1n) is 24.0. The molecular weight excluding hydrogens is 1020 g/mol. The third kappa shape index (κ3) is 12.8. The van der Waals surface area contributed by atoms with Crippen LogP contribution in [-0.2, 0) is 19.7 Å². The zero-order valence-corrected chi connectivity index (χ0v) is 45.1. The summed E-state index contributed by atoms with van der Waals surface area (Å²) >= 11 is 0. The van der Waals surface area contributed by atoms with Gasteiger partial charge in [-0.15, -0.1) is 0 Å². The van der Waals surface area contributed by atoms with E-state index in [0.717, 1.165) is 62.6 Å². The van der Waals surface area contributed by atoms with E-state index in [9.17, 15) is 40.3 Å². The van der Waals surface area contributed by atoms with Gasteiger partial charge in [-0.2, -0.15) is 0 Å². The van der Waals surface area contributed by atoms with E-state index in [1.807, 2.05) is 58.9 Å². The smallest absolute Gasteiger partial charge is 0.191 e. The van der Waals surface area contributed by atoms with Crippen molar-refractivity contribution in [2.45, 2.75) is 62.9 Å². The monoisotopic (exact) mass is 1080 g/mol. The second kappa shape index (κ2) is 23.4. The van der Waals surface area contributed by atoms with Gasteiger partial charge in [-0.05, 0) is 106 Å². The summed E-state index contributed by atoms with van der Waals surface area (Å²) in [6.45, 7) is 9.65. The highest BCUT2D eigenvalue weighted by atomic mass is 32.2. The molecule has 8 aromatic rings. The number of carbonyl (C=O) groups is 2. The zero-order valence-electron chi connectivity index (χ0n) is 43.5. The molecule has 0 fully saturated rings. The van der Waals surface area contributed by atoms with Crippen molar-refractivity contribution in [3.63, 3.8) is 0 Å². The standard InChI is InChI=1S/C29H31FN2O5S.C28H29FN2O6S/c1-6-9-37-26-12-19(30)7-8-23(26)28(32-20-13-21(36-4)15-22(14-20)38(5,34)35)29(33)25-16-31-27-18(3)10-17(2)11-24(25)27;1-16-9-17(2)26-23(10-16)24(15-30-26)28(33)27(22-6-5-18(29)11-25(22)37-8-7-32)31-19-12-20(36-3)14-21(13-19)38(4,34)35/h7-8,10-16,28,31-32H,6,9H2,1-5H3;5-6,9-15,27,30-32H,7-8H2,1-4H3. The van der Waals surface area contributed by atoms with Crippen molar-refractivity contribution in [3.8, 4) is 23.0 Å². The lowest BCUT2D eigenvalue weighted by molar-refractivity contribution is 0.0961. The number of rotatable bonds is 20. The number of Topliss-reactive ketones (excluding diaryl/α,β-unsaturated/α-hetero) is 2. The predicted molar refractivity (Wildman–Crippen MR) is 290 cm³/mol. The molecule has 0 aliphatic heterocycles. The fourth-order valence-corrected chi connectivity index (χ4v) is 10.2. The predicted octanol–water partition coefficient (Wildman–Crippen LogP) is 10.9. The number of halogens is 2. The minimum absolute atomic E-state index is 0.000229. The van der Waals surface area contributed by atoms with E-state index in [1.165, 1.54) is 68.8 Å². The van der Waals surface area contributed by atoms with Crippen LogP contribution in [0.15, 0.2) is 119 Å². The van der Waals surface area contributed by atoms with E-state index < -0.39 is 43.4 Å². The van der Waals surface area contributed by atoms with Gasteiger partial charge in [-0.1, -0.05) is 30.2 Å². The van der Waals surface area contributed by atoms with E-state index >= 15 is 0 Å². The molecule has 0 saturated carbocycles. The average molecular weight is 1080 g/mol. The second-order valence-corrected chi connectivity index (χ2v) is 22.5. The molecule has 0 aliphatic rings. The van der Waals surface area contributed by atoms with Crippen LogP contribution in [0.1, 0.15) is 79.5 Å². The Morgan fingerprint density at radius 1 is 0.592 bits per heavy atom. The number of hydrogen-bond acceptors (Lipinski definition) is 13. The molecule has 76 heavy (non-hydrogen) atoms. The van der Waals surface area contributed by atoms with E-state index in [2.05, 4.69) is 20.6 Å². The van der Waals surface area contributed by atoms with Gasteiger partial charge in [0.1, 0.15) is 53.3 Å². The molecule has 2 unspecified atom stereocenters. The Labute approximate surface area is 440 Å². The highest BCUT2D eigenvalue weighted by molar-refractivity contribution is 7.91. The van der Waals surface area contributed by atoms with E-state index in [4.69, 9.17) is 18.9 Å². The Balaban J connectivity index is 0.000000221. The Morgan fingerprint density at radius 2 is 1.00 bits per heavy atom. The third-order valence-electron chi connectivity index (χ3n) is 12.4. The molecule has 400 valence electrons. The van der Waals surface area contributed by atoms with Crippen molar-refractivity contribution in [2.24, 2.45) is 0 Å². The summed E-state index contributed by atoms with van der Waals surface area (Å²) in [7, 11) is -4.33. The summed E-state index contributed by atoms with van der Waals surface area (Å²) in [5.41, 5.74) is 7.85. The van der Waals surface area contributed by atoms with E-state index in [1.54, 1.807) is 24.5 Å². The first kappa shape index (κ1) is 56.0. The molecule has 2 heterocycles. The fraction of sp³-hybridized carbons (Fsp3) is 0.263. The minimum Gasteiger partial charge on any atom is -0.497 e. The van der Waals surface area contributed by atoms with Gasteiger partial charge in [-0.25, -0.2) is 25.6 Å². The van der Waals surface area contributed by atoms with Gasteiger partial charge in [-0.3, -0.25) is 9.59 Å². The Morgan fingerprint density at radius 3 is 1.37 bits per heavy atom. The number of carbonyl (C=O) groups excluding carboxylic acids is 2. The molecule has 19 heteroatoms. The number of fused-ring (bicyclic) bond motifs is 2. The molecule has 2 aromatic heterocycles. The molecule has 15 nitrogen and oxygen atoms in total. The van der Waals surface area contributed by atoms with Crippen LogP contribution in [0.25, 0.3) is 21.8 Å². The van der Waals surface area contributed by atoms with Crippen LogP contribution in [0.3, 0.4) is 0 Å². The van der Waals surface area contributed by atoms with Gasteiger partial charge in [0.05, 0.1) is 37.2 Å². The Hall–Kier alpha value is -7.74. The van der Waals surface area contributed by atoms with Crippen molar-refractivity contribution in [1.82, 2.24) is 9.97 Å². The number of aromatic amines is 2. The molecule has 0 radical (unpaired) electrons. The number of aliphatic hydroxyl groups excluding tert-OH is 1. The maximum absolute atomic E-state index is 14.2. The topological polar surface area (TPSA) is 215 Å². The van der Waals surface area contributed by atoms with Gasteiger partial charge in [0, 0.05) is 105 Å². The molecule has 0 saturated heterocycles. The van der Waals surface area contributed by atoms with E-state index in [-0.39, 0.29) is 51.8 Å². The molecule has 0 bridgehead atoms. The lowest BCUT2D eigenvalue weighted by atomic mass is 9.94. The quantitative estimate of drug-likeness (QED) is 0.0450. The number of methoxy groups -OCH3 is 2.